The van der Waals surface area contributed by atoms with Crippen molar-refractivity contribution in [2.45, 2.75) is 0 Å². The van der Waals surface area contributed by atoms with Gasteiger partial charge in [0, 0.05) is 10.2 Å². The first kappa shape index (κ1) is 19.8. The quantitative estimate of drug-likeness (QED) is 0.537. The van der Waals surface area contributed by atoms with Crippen LogP contribution < -0.4 is 15.0 Å². The van der Waals surface area contributed by atoms with Crippen LogP contribution in [-0.2, 0) is 9.59 Å². The summed E-state index contributed by atoms with van der Waals surface area (Å²) in [4.78, 5) is 27.6. The van der Waals surface area contributed by atoms with E-state index in [2.05, 4.69) is 21.2 Å². The monoisotopic (exact) mass is 466 g/mol. The Labute approximate surface area is 180 Å². The number of rotatable bonds is 5. The second-order valence-electron chi connectivity index (χ2n) is 6.54. The van der Waals surface area contributed by atoms with Crippen LogP contribution in [0.25, 0.3) is 5.57 Å². The highest BCUT2D eigenvalue weighted by atomic mass is 79.9. The Balaban J connectivity index is 1.81. The van der Waals surface area contributed by atoms with Crippen molar-refractivity contribution < 1.29 is 18.7 Å². The van der Waals surface area contributed by atoms with Crippen LogP contribution in [0.5, 0.6) is 5.75 Å². The van der Waals surface area contributed by atoms with Gasteiger partial charge in [-0.05, 0) is 60.2 Å². The van der Waals surface area contributed by atoms with Gasteiger partial charge in [0.15, 0.2) is 0 Å². The Morgan fingerprint density at radius 2 is 1.63 bits per heavy atom. The van der Waals surface area contributed by atoms with Crippen LogP contribution >= 0.6 is 15.9 Å². The highest BCUT2D eigenvalue weighted by molar-refractivity contribution is 9.10. The van der Waals surface area contributed by atoms with Crippen LogP contribution in [0.15, 0.2) is 83.0 Å². The summed E-state index contributed by atoms with van der Waals surface area (Å²) in [6, 6.07) is 19.4. The molecule has 1 heterocycles. The maximum Gasteiger partial charge on any atom is 0.282 e. The zero-order valence-corrected chi connectivity index (χ0v) is 17.4. The van der Waals surface area contributed by atoms with E-state index in [1.165, 1.54) is 24.3 Å². The third-order valence-corrected chi connectivity index (χ3v) is 5.13. The number of imide groups is 1. The number of anilines is 2. The SMILES string of the molecule is COc1ccc(C2=C(Nc3cccc(Br)c3)C(=O)N(c3ccc(F)cc3)C2=O)cc1. The van der Waals surface area contributed by atoms with E-state index in [1.54, 1.807) is 43.5 Å². The van der Waals surface area contributed by atoms with Crippen molar-refractivity contribution >= 4 is 44.7 Å². The molecule has 0 saturated heterocycles. The van der Waals surface area contributed by atoms with Gasteiger partial charge in [0.2, 0.25) is 0 Å². The number of carbonyl (C=O) groups excluding carboxylic acids is 2. The summed E-state index contributed by atoms with van der Waals surface area (Å²) < 4.78 is 19.4. The summed E-state index contributed by atoms with van der Waals surface area (Å²) in [5.74, 6) is -0.826. The number of nitrogens with zero attached hydrogens (tertiary/aromatic N) is 1. The molecule has 5 nitrogen and oxygen atoms in total. The summed E-state index contributed by atoms with van der Waals surface area (Å²) in [6.45, 7) is 0. The molecule has 0 bridgehead atoms. The number of nitrogens with one attached hydrogen (secondary N) is 1. The second-order valence-corrected chi connectivity index (χ2v) is 7.45. The van der Waals surface area contributed by atoms with E-state index in [0.29, 0.717) is 22.7 Å². The maximum atomic E-state index is 13.4. The van der Waals surface area contributed by atoms with Gasteiger partial charge < -0.3 is 10.1 Å². The number of halogens is 2. The van der Waals surface area contributed by atoms with Crippen LogP contribution in [0, 0.1) is 5.82 Å². The minimum Gasteiger partial charge on any atom is -0.497 e. The smallest absolute Gasteiger partial charge is 0.282 e. The predicted octanol–water partition coefficient (Wildman–Crippen LogP) is 4.99. The van der Waals surface area contributed by atoms with Gasteiger partial charge >= 0.3 is 0 Å². The molecule has 150 valence electrons. The topological polar surface area (TPSA) is 58.6 Å². The van der Waals surface area contributed by atoms with Gasteiger partial charge in [0.25, 0.3) is 11.8 Å². The van der Waals surface area contributed by atoms with Crippen LogP contribution in [0.1, 0.15) is 5.56 Å². The summed E-state index contributed by atoms with van der Waals surface area (Å²) in [6.07, 6.45) is 0. The van der Waals surface area contributed by atoms with Crippen LogP contribution in [0.2, 0.25) is 0 Å². The fourth-order valence-electron chi connectivity index (χ4n) is 3.21. The van der Waals surface area contributed by atoms with Crippen molar-refractivity contribution in [3.63, 3.8) is 0 Å². The molecule has 0 saturated carbocycles. The number of methoxy groups -OCH3 is 1. The molecule has 0 aliphatic carbocycles. The highest BCUT2D eigenvalue weighted by Gasteiger charge is 2.40. The molecule has 0 spiro atoms. The van der Waals surface area contributed by atoms with E-state index in [0.717, 1.165) is 9.37 Å². The first-order chi connectivity index (χ1) is 14.5. The van der Waals surface area contributed by atoms with E-state index in [9.17, 15) is 14.0 Å². The van der Waals surface area contributed by atoms with Crippen molar-refractivity contribution in [2.24, 2.45) is 0 Å². The summed E-state index contributed by atoms with van der Waals surface area (Å²) in [5.41, 5.74) is 1.88. The Bertz CT molecular complexity index is 1160. The zero-order chi connectivity index (χ0) is 21.3. The van der Waals surface area contributed by atoms with E-state index >= 15 is 0 Å². The normalized spacial score (nSPS) is 13.8. The zero-order valence-electron chi connectivity index (χ0n) is 15.9. The summed E-state index contributed by atoms with van der Waals surface area (Å²) in [5, 5.41) is 3.08. The molecule has 0 fully saturated rings. The number of benzene rings is 3. The molecule has 7 heteroatoms. The summed E-state index contributed by atoms with van der Waals surface area (Å²) >= 11 is 3.40. The largest absolute Gasteiger partial charge is 0.497 e. The molecular weight excluding hydrogens is 451 g/mol. The van der Waals surface area contributed by atoms with Crippen LogP contribution in [-0.4, -0.2) is 18.9 Å². The molecule has 4 rings (SSSR count). The number of carbonyl (C=O) groups is 2. The fraction of sp³-hybridized carbons (Fsp3) is 0.0435. The van der Waals surface area contributed by atoms with Crippen molar-refractivity contribution in [1.82, 2.24) is 0 Å². The molecule has 1 N–H and O–H groups in total. The van der Waals surface area contributed by atoms with Crippen molar-refractivity contribution in [2.75, 3.05) is 17.3 Å². The molecular formula is C23H16BrFN2O3. The lowest BCUT2D eigenvalue weighted by atomic mass is 10.0. The van der Waals surface area contributed by atoms with Crippen molar-refractivity contribution in [3.05, 3.63) is 94.3 Å². The van der Waals surface area contributed by atoms with E-state index in [4.69, 9.17) is 4.74 Å². The minimum absolute atomic E-state index is 0.146. The van der Waals surface area contributed by atoms with Gasteiger partial charge in [-0.15, -0.1) is 0 Å². The molecule has 0 aromatic heterocycles. The lowest BCUT2D eigenvalue weighted by Crippen LogP contribution is -2.32. The first-order valence-corrected chi connectivity index (χ1v) is 9.83. The van der Waals surface area contributed by atoms with Crippen molar-refractivity contribution in [3.8, 4) is 5.75 Å². The minimum atomic E-state index is -0.516. The van der Waals surface area contributed by atoms with Gasteiger partial charge in [0.1, 0.15) is 17.3 Å². The van der Waals surface area contributed by atoms with Crippen molar-refractivity contribution in [1.29, 1.82) is 0 Å². The third kappa shape index (κ3) is 3.71. The Hall–Kier alpha value is -3.45. The lowest BCUT2D eigenvalue weighted by molar-refractivity contribution is -0.120. The average Bonchev–Trinajstić information content (AvgIpc) is 2.98. The van der Waals surface area contributed by atoms with E-state index < -0.39 is 17.6 Å². The second kappa shape index (κ2) is 8.12. The van der Waals surface area contributed by atoms with Gasteiger partial charge in [-0.3, -0.25) is 9.59 Å². The molecule has 3 aromatic carbocycles. The Morgan fingerprint density at radius 3 is 2.27 bits per heavy atom. The standard InChI is InChI=1S/C23H16BrFN2O3/c1-30-19-11-5-14(6-12-19)20-21(26-17-4-2-3-15(24)13-17)23(29)27(22(20)28)18-9-7-16(25)8-10-18/h2-13,26H,1H3. The molecule has 0 atom stereocenters. The molecule has 3 aromatic rings. The highest BCUT2D eigenvalue weighted by Crippen LogP contribution is 2.34. The predicted molar refractivity (Wildman–Crippen MR) is 117 cm³/mol. The van der Waals surface area contributed by atoms with Crippen LogP contribution in [0.4, 0.5) is 15.8 Å². The number of hydrogen-bond donors (Lipinski definition) is 1. The molecule has 30 heavy (non-hydrogen) atoms. The Morgan fingerprint density at radius 1 is 0.933 bits per heavy atom. The summed E-state index contributed by atoms with van der Waals surface area (Å²) in [7, 11) is 1.55. The van der Waals surface area contributed by atoms with E-state index in [-0.39, 0.29) is 11.3 Å². The van der Waals surface area contributed by atoms with Crippen LogP contribution in [0.3, 0.4) is 0 Å². The van der Waals surface area contributed by atoms with Gasteiger partial charge in [-0.2, -0.15) is 0 Å². The van der Waals surface area contributed by atoms with Gasteiger partial charge in [0.05, 0.1) is 18.4 Å². The van der Waals surface area contributed by atoms with Gasteiger partial charge in [-0.25, -0.2) is 9.29 Å². The van der Waals surface area contributed by atoms with Gasteiger partial charge in [-0.1, -0.05) is 34.1 Å². The van der Waals surface area contributed by atoms with E-state index in [1.807, 2.05) is 12.1 Å². The first-order valence-electron chi connectivity index (χ1n) is 9.03. The maximum absolute atomic E-state index is 13.4. The molecule has 0 radical (unpaired) electrons. The number of ether oxygens (including phenoxy) is 1. The fourth-order valence-corrected chi connectivity index (χ4v) is 3.61. The average molecular weight is 467 g/mol. The molecule has 1 aliphatic rings. The third-order valence-electron chi connectivity index (χ3n) is 4.64. The molecule has 0 unspecified atom stereocenters. The number of amides is 2. The molecule has 1 aliphatic heterocycles. The number of hydrogen-bond acceptors (Lipinski definition) is 4. The molecule has 2 amide bonds. The lowest BCUT2D eigenvalue weighted by Gasteiger charge is -2.15. The Kier molecular flexibility index (Phi) is 5.37.